The van der Waals surface area contributed by atoms with Gasteiger partial charge in [0, 0.05) is 22.2 Å². The van der Waals surface area contributed by atoms with Crippen LogP contribution in [0.5, 0.6) is 0 Å². The first-order valence-electron chi connectivity index (χ1n) is 13.9. The molecule has 4 aromatic rings. The van der Waals surface area contributed by atoms with E-state index in [-0.39, 0.29) is 5.69 Å². The zero-order valence-corrected chi connectivity index (χ0v) is 24.2. The molecule has 3 aromatic carbocycles. The molecule has 7 heteroatoms. The maximum absolute atomic E-state index is 13.8. The van der Waals surface area contributed by atoms with Crippen molar-refractivity contribution >= 4 is 8.25 Å². The van der Waals surface area contributed by atoms with Gasteiger partial charge in [-0.2, -0.15) is 0 Å². The highest BCUT2D eigenvalue weighted by molar-refractivity contribution is 7.33. The average molecular weight is 548 g/mol. The van der Waals surface area contributed by atoms with Crippen LogP contribution in [-0.2, 0) is 20.2 Å². The summed E-state index contributed by atoms with van der Waals surface area (Å²) in [6, 6.07) is 30.5. The van der Waals surface area contributed by atoms with Gasteiger partial charge in [-0.15, -0.1) is 9.05 Å². The molecule has 0 bridgehead atoms. The minimum absolute atomic E-state index is 0.0272. The van der Waals surface area contributed by atoms with Crippen molar-refractivity contribution in [1.82, 2.24) is 9.13 Å². The lowest BCUT2D eigenvalue weighted by atomic mass is 10.0. The summed E-state index contributed by atoms with van der Waals surface area (Å²) in [5.74, 6) is 0. The van der Waals surface area contributed by atoms with E-state index in [1.165, 1.54) is 19.3 Å². The first-order valence-corrected chi connectivity index (χ1v) is 15.0. The fourth-order valence-corrected chi connectivity index (χ4v) is 4.94. The molecule has 0 spiro atoms. The fourth-order valence-electron chi connectivity index (χ4n) is 4.44. The molecule has 1 heterocycles. The molecule has 0 saturated carbocycles. The average Bonchev–Trinajstić information content (AvgIpc) is 3.27. The van der Waals surface area contributed by atoms with Crippen LogP contribution in [0, 0.1) is 0 Å². The Morgan fingerprint density at radius 1 is 0.641 bits per heavy atom. The van der Waals surface area contributed by atoms with Gasteiger partial charge < -0.3 is 0 Å². The Bertz CT molecular complexity index is 1310. The van der Waals surface area contributed by atoms with Gasteiger partial charge in [0.2, 0.25) is 0 Å². The summed E-state index contributed by atoms with van der Waals surface area (Å²) in [6.07, 6.45) is 5.84. The number of hydrogen-bond acceptors (Lipinski definition) is 4. The van der Waals surface area contributed by atoms with Crippen molar-refractivity contribution in [2.45, 2.75) is 59.4 Å². The van der Waals surface area contributed by atoms with Crippen LogP contribution in [0.4, 0.5) is 0 Å². The standard InChI is InChI=1S/C28H30N2O.C4H10O3P/c1-2-3-4-5-15-22-29-26(23-16-9-6-10-17-23)27(24-18-11-7-12-19-24)30(28(29)31)25-20-13-8-14-21-25;1-3-6-8(5)7-4-2/h6-14,16-21H,2-5,15,22H2,1H3;3-4H2,1-2H3/q;+1. The van der Waals surface area contributed by atoms with E-state index in [9.17, 15) is 9.36 Å². The number of rotatable bonds is 13. The third-order valence-electron chi connectivity index (χ3n) is 6.20. The van der Waals surface area contributed by atoms with Crippen LogP contribution in [-0.4, -0.2) is 22.3 Å². The Labute approximate surface area is 233 Å². The summed E-state index contributed by atoms with van der Waals surface area (Å²) in [4.78, 5) is 13.8. The lowest BCUT2D eigenvalue weighted by Crippen LogP contribution is -2.24. The molecule has 1 aromatic heterocycles. The highest BCUT2D eigenvalue weighted by Crippen LogP contribution is 2.33. The second-order valence-electron chi connectivity index (χ2n) is 9.01. The van der Waals surface area contributed by atoms with Gasteiger partial charge >= 0.3 is 13.9 Å². The third kappa shape index (κ3) is 8.59. The van der Waals surface area contributed by atoms with Crippen LogP contribution >= 0.6 is 8.25 Å². The van der Waals surface area contributed by atoms with Crippen molar-refractivity contribution in [2.75, 3.05) is 13.2 Å². The van der Waals surface area contributed by atoms with Crippen molar-refractivity contribution in [3.8, 4) is 28.2 Å². The monoisotopic (exact) mass is 547 g/mol. The summed E-state index contributed by atoms with van der Waals surface area (Å²) in [5, 5.41) is 0. The van der Waals surface area contributed by atoms with Gasteiger partial charge in [-0.25, -0.2) is 4.79 Å². The van der Waals surface area contributed by atoms with Crippen LogP contribution in [0.25, 0.3) is 28.2 Å². The third-order valence-corrected chi connectivity index (χ3v) is 7.14. The van der Waals surface area contributed by atoms with Crippen molar-refractivity contribution < 1.29 is 13.6 Å². The van der Waals surface area contributed by atoms with E-state index in [0.29, 0.717) is 13.2 Å². The molecule has 0 unspecified atom stereocenters. The summed E-state index contributed by atoms with van der Waals surface area (Å²) in [6.45, 7) is 7.37. The normalized spacial score (nSPS) is 10.6. The summed E-state index contributed by atoms with van der Waals surface area (Å²) in [5.41, 5.74) is 4.99. The number of unbranched alkanes of at least 4 members (excludes halogenated alkanes) is 4. The van der Waals surface area contributed by atoms with E-state index in [2.05, 4.69) is 40.2 Å². The van der Waals surface area contributed by atoms with Crippen LogP contribution in [0.3, 0.4) is 0 Å². The van der Waals surface area contributed by atoms with Gasteiger partial charge in [-0.3, -0.25) is 9.13 Å². The smallest absolute Gasteiger partial charge is 0.291 e. The SMILES string of the molecule is CCCCCCCn1c(-c2ccccc2)c(-c2ccccc2)n(-c2ccccc2)c1=O.CCO[P+](=O)OCC. The van der Waals surface area contributed by atoms with Gasteiger partial charge in [0.15, 0.2) is 0 Å². The van der Waals surface area contributed by atoms with Crippen molar-refractivity contribution in [1.29, 1.82) is 0 Å². The molecule has 0 amide bonds. The Kier molecular flexibility index (Phi) is 12.9. The van der Waals surface area contributed by atoms with Crippen molar-refractivity contribution in [3.63, 3.8) is 0 Å². The lowest BCUT2D eigenvalue weighted by Gasteiger charge is -2.12. The largest absolute Gasteiger partial charge is 0.697 e. The maximum Gasteiger partial charge on any atom is 0.697 e. The first-order chi connectivity index (χ1) is 19.1. The second kappa shape index (κ2) is 16.6. The van der Waals surface area contributed by atoms with E-state index in [1.807, 2.05) is 75.9 Å². The number of para-hydroxylation sites is 1. The highest BCUT2D eigenvalue weighted by atomic mass is 31.1. The molecule has 4 rings (SSSR count). The second-order valence-corrected chi connectivity index (χ2v) is 9.97. The van der Waals surface area contributed by atoms with E-state index in [1.54, 1.807) is 13.8 Å². The number of nitrogens with zero attached hydrogens (tertiary/aromatic N) is 2. The van der Waals surface area contributed by atoms with Crippen LogP contribution in [0.15, 0.2) is 95.8 Å². The Hall–Kier alpha value is -3.31. The Balaban J connectivity index is 0.000000459. The molecule has 6 nitrogen and oxygen atoms in total. The van der Waals surface area contributed by atoms with E-state index >= 15 is 0 Å². The minimum atomic E-state index is -1.83. The van der Waals surface area contributed by atoms with Crippen molar-refractivity contribution in [3.05, 3.63) is 101 Å². The molecule has 0 aliphatic heterocycles. The molecule has 0 aliphatic rings. The first kappa shape index (κ1) is 30.2. The summed E-state index contributed by atoms with van der Waals surface area (Å²) < 4.78 is 23.3. The molecular weight excluding hydrogens is 507 g/mol. The number of benzene rings is 3. The van der Waals surface area contributed by atoms with Gasteiger partial charge in [0.25, 0.3) is 0 Å². The predicted octanol–water partition coefficient (Wildman–Crippen LogP) is 8.66. The zero-order chi connectivity index (χ0) is 27.9. The van der Waals surface area contributed by atoms with E-state index in [4.69, 9.17) is 0 Å². The fraction of sp³-hybridized carbons (Fsp3) is 0.344. The van der Waals surface area contributed by atoms with Gasteiger partial charge in [-0.05, 0) is 32.4 Å². The summed E-state index contributed by atoms with van der Waals surface area (Å²) >= 11 is 0. The molecule has 0 atom stereocenters. The minimum Gasteiger partial charge on any atom is -0.291 e. The maximum atomic E-state index is 13.8. The zero-order valence-electron chi connectivity index (χ0n) is 23.3. The van der Waals surface area contributed by atoms with Crippen LogP contribution in [0.2, 0.25) is 0 Å². The molecular formula is C32H40N2O4P+. The van der Waals surface area contributed by atoms with Gasteiger partial charge in [-0.1, -0.05) is 111 Å². The lowest BCUT2D eigenvalue weighted by molar-refractivity contribution is 0.243. The Morgan fingerprint density at radius 2 is 1.13 bits per heavy atom. The number of imidazole rings is 1. The molecule has 206 valence electrons. The van der Waals surface area contributed by atoms with E-state index < -0.39 is 8.25 Å². The number of aromatic nitrogens is 2. The molecule has 0 saturated heterocycles. The van der Waals surface area contributed by atoms with Gasteiger partial charge in [0.05, 0.1) is 17.1 Å². The molecule has 0 N–H and O–H groups in total. The van der Waals surface area contributed by atoms with Crippen LogP contribution in [0.1, 0.15) is 52.9 Å². The molecule has 0 radical (unpaired) electrons. The molecule has 39 heavy (non-hydrogen) atoms. The Morgan fingerprint density at radius 3 is 1.64 bits per heavy atom. The van der Waals surface area contributed by atoms with Crippen LogP contribution < -0.4 is 5.69 Å². The van der Waals surface area contributed by atoms with E-state index in [0.717, 1.165) is 47.6 Å². The predicted molar refractivity (Wildman–Crippen MR) is 161 cm³/mol. The quantitative estimate of drug-likeness (QED) is 0.124. The molecule has 0 fully saturated rings. The van der Waals surface area contributed by atoms with Gasteiger partial charge in [0.1, 0.15) is 13.2 Å². The molecule has 0 aliphatic carbocycles. The highest BCUT2D eigenvalue weighted by Gasteiger charge is 2.23. The summed E-state index contributed by atoms with van der Waals surface area (Å²) in [7, 11) is -1.83. The van der Waals surface area contributed by atoms with Crippen molar-refractivity contribution in [2.24, 2.45) is 0 Å². The topological polar surface area (TPSA) is 62.5 Å². The number of hydrogen-bond donors (Lipinski definition) is 0.